The van der Waals surface area contributed by atoms with E-state index in [4.69, 9.17) is 4.74 Å². The first kappa shape index (κ1) is 19.2. The molecule has 2 heterocycles. The van der Waals surface area contributed by atoms with Crippen LogP contribution in [0.1, 0.15) is 30.9 Å². The zero-order chi connectivity index (χ0) is 20.5. The fourth-order valence-corrected chi connectivity index (χ4v) is 4.15. The number of methoxy groups -OCH3 is 1. The van der Waals surface area contributed by atoms with Crippen LogP contribution in [0.2, 0.25) is 0 Å². The van der Waals surface area contributed by atoms with Gasteiger partial charge in [0.05, 0.1) is 18.4 Å². The minimum atomic E-state index is -0.266. The highest BCUT2D eigenvalue weighted by Gasteiger charge is 2.43. The Morgan fingerprint density at radius 3 is 2.28 bits per heavy atom. The first-order chi connectivity index (χ1) is 14.0. The van der Waals surface area contributed by atoms with Gasteiger partial charge >= 0.3 is 0 Å². The molecule has 1 atom stereocenters. The number of carbonyl (C=O) groups is 2. The Morgan fingerprint density at radius 2 is 1.66 bits per heavy atom. The van der Waals surface area contributed by atoms with Gasteiger partial charge in [-0.3, -0.25) is 9.59 Å². The summed E-state index contributed by atoms with van der Waals surface area (Å²) >= 11 is 0. The molecule has 0 spiro atoms. The maximum Gasteiger partial charge on any atom is 0.282 e. The van der Waals surface area contributed by atoms with Crippen molar-refractivity contribution in [3.63, 3.8) is 0 Å². The molecule has 0 aromatic heterocycles. The zero-order valence-corrected chi connectivity index (χ0v) is 17.1. The van der Waals surface area contributed by atoms with Gasteiger partial charge in [-0.2, -0.15) is 0 Å². The third kappa shape index (κ3) is 3.53. The van der Waals surface area contributed by atoms with Gasteiger partial charge in [0, 0.05) is 13.1 Å². The van der Waals surface area contributed by atoms with Crippen molar-refractivity contribution in [2.75, 3.05) is 25.1 Å². The summed E-state index contributed by atoms with van der Waals surface area (Å²) in [5.41, 5.74) is 3.43. The minimum absolute atomic E-state index is 0.237. The van der Waals surface area contributed by atoms with Crippen LogP contribution in [0.25, 0.3) is 5.57 Å². The smallest absolute Gasteiger partial charge is 0.282 e. The van der Waals surface area contributed by atoms with Crippen molar-refractivity contribution in [3.05, 3.63) is 65.4 Å². The van der Waals surface area contributed by atoms with Gasteiger partial charge < -0.3 is 9.64 Å². The molecule has 2 aromatic carbocycles. The van der Waals surface area contributed by atoms with Crippen LogP contribution in [-0.4, -0.2) is 36.9 Å². The normalized spacial score (nSPS) is 19.9. The number of aryl methyl sites for hydroxylation is 1. The quantitative estimate of drug-likeness (QED) is 0.740. The van der Waals surface area contributed by atoms with Crippen LogP contribution in [0.3, 0.4) is 0 Å². The molecule has 2 aliphatic rings. The van der Waals surface area contributed by atoms with E-state index in [0.717, 1.165) is 42.8 Å². The van der Waals surface area contributed by atoms with Crippen molar-refractivity contribution >= 4 is 23.1 Å². The number of hydrogen-bond acceptors (Lipinski definition) is 4. The van der Waals surface area contributed by atoms with E-state index in [0.29, 0.717) is 22.9 Å². The molecule has 150 valence electrons. The van der Waals surface area contributed by atoms with Gasteiger partial charge in [-0.1, -0.05) is 36.8 Å². The van der Waals surface area contributed by atoms with Gasteiger partial charge in [0.1, 0.15) is 11.4 Å². The Bertz CT molecular complexity index is 961. The number of ether oxygens (including phenoxy) is 1. The Morgan fingerprint density at radius 1 is 0.966 bits per heavy atom. The summed E-state index contributed by atoms with van der Waals surface area (Å²) in [5.74, 6) is 0.704. The topological polar surface area (TPSA) is 49.9 Å². The molecule has 0 bridgehead atoms. The molecule has 1 fully saturated rings. The third-order valence-electron chi connectivity index (χ3n) is 5.70. The lowest BCUT2D eigenvalue weighted by Gasteiger charge is -2.33. The molecule has 0 radical (unpaired) electrons. The number of nitrogens with zero attached hydrogens (tertiary/aromatic N) is 2. The number of amides is 2. The summed E-state index contributed by atoms with van der Waals surface area (Å²) < 4.78 is 5.25. The van der Waals surface area contributed by atoms with Gasteiger partial charge in [0.2, 0.25) is 0 Å². The molecule has 5 heteroatoms. The van der Waals surface area contributed by atoms with Gasteiger partial charge in [-0.25, -0.2) is 4.90 Å². The van der Waals surface area contributed by atoms with Crippen LogP contribution in [0.15, 0.2) is 54.2 Å². The number of anilines is 1. The lowest BCUT2D eigenvalue weighted by Crippen LogP contribution is -2.39. The van der Waals surface area contributed by atoms with Crippen molar-refractivity contribution in [1.82, 2.24) is 4.90 Å². The zero-order valence-electron chi connectivity index (χ0n) is 17.1. The van der Waals surface area contributed by atoms with E-state index >= 15 is 0 Å². The van der Waals surface area contributed by atoms with Crippen LogP contribution < -0.4 is 9.64 Å². The number of carbonyl (C=O) groups excluding carboxylic acids is 2. The predicted molar refractivity (Wildman–Crippen MR) is 114 cm³/mol. The summed E-state index contributed by atoms with van der Waals surface area (Å²) in [6.07, 6.45) is 2.16. The molecular formula is C24H26N2O3. The first-order valence-corrected chi connectivity index (χ1v) is 10.1. The largest absolute Gasteiger partial charge is 0.497 e. The standard InChI is InChI=1S/C24H26N2O3/c1-16-6-10-19(11-7-16)26-23(27)21(18-8-12-20(29-3)13-9-18)22(24(26)28)25-14-4-5-17(2)15-25/h6-13,17H,4-5,14-15H2,1-3H3. The summed E-state index contributed by atoms with van der Waals surface area (Å²) in [4.78, 5) is 30.4. The fraction of sp³-hybridized carbons (Fsp3) is 0.333. The molecule has 5 nitrogen and oxygen atoms in total. The third-order valence-corrected chi connectivity index (χ3v) is 5.70. The maximum atomic E-state index is 13.5. The van der Waals surface area contributed by atoms with Crippen LogP contribution >= 0.6 is 0 Å². The molecule has 29 heavy (non-hydrogen) atoms. The summed E-state index contributed by atoms with van der Waals surface area (Å²) in [7, 11) is 1.61. The van der Waals surface area contributed by atoms with E-state index in [1.54, 1.807) is 7.11 Å². The van der Waals surface area contributed by atoms with E-state index < -0.39 is 0 Å². The number of benzene rings is 2. The van der Waals surface area contributed by atoms with Gasteiger partial charge in [-0.15, -0.1) is 0 Å². The average molecular weight is 390 g/mol. The Hall–Kier alpha value is -3.08. The van der Waals surface area contributed by atoms with E-state index in [9.17, 15) is 9.59 Å². The molecule has 1 unspecified atom stereocenters. The fourth-order valence-electron chi connectivity index (χ4n) is 4.15. The molecule has 2 amide bonds. The lowest BCUT2D eigenvalue weighted by atomic mass is 9.98. The molecule has 4 rings (SSSR count). The van der Waals surface area contributed by atoms with Gasteiger partial charge in [0.25, 0.3) is 11.8 Å². The van der Waals surface area contributed by atoms with Crippen molar-refractivity contribution in [3.8, 4) is 5.75 Å². The molecule has 0 saturated carbocycles. The van der Waals surface area contributed by atoms with Crippen molar-refractivity contribution in [2.45, 2.75) is 26.7 Å². The number of hydrogen-bond donors (Lipinski definition) is 0. The highest BCUT2D eigenvalue weighted by molar-refractivity contribution is 6.45. The predicted octanol–water partition coefficient (Wildman–Crippen LogP) is 4.02. The second kappa shape index (κ2) is 7.74. The highest BCUT2D eigenvalue weighted by atomic mass is 16.5. The van der Waals surface area contributed by atoms with Gasteiger partial charge in [-0.05, 0) is 55.5 Å². The molecule has 0 aliphatic carbocycles. The number of piperidine rings is 1. The average Bonchev–Trinajstić information content (AvgIpc) is 2.99. The Balaban J connectivity index is 1.80. The highest BCUT2D eigenvalue weighted by Crippen LogP contribution is 2.36. The molecule has 1 saturated heterocycles. The summed E-state index contributed by atoms with van der Waals surface area (Å²) in [6, 6.07) is 14.9. The number of imide groups is 1. The molecule has 2 aromatic rings. The summed E-state index contributed by atoms with van der Waals surface area (Å²) in [6.45, 7) is 5.76. The second-order valence-electron chi connectivity index (χ2n) is 7.93. The SMILES string of the molecule is COc1ccc(C2=C(N3CCCC(C)C3)C(=O)N(c3ccc(C)cc3)C2=O)cc1. The second-order valence-corrected chi connectivity index (χ2v) is 7.93. The van der Waals surface area contributed by atoms with Crippen molar-refractivity contribution in [1.29, 1.82) is 0 Å². The number of rotatable bonds is 4. The van der Waals surface area contributed by atoms with Crippen LogP contribution in [0, 0.1) is 12.8 Å². The molecule has 2 aliphatic heterocycles. The summed E-state index contributed by atoms with van der Waals surface area (Å²) in [5, 5.41) is 0. The van der Waals surface area contributed by atoms with E-state index in [2.05, 4.69) is 11.8 Å². The van der Waals surface area contributed by atoms with E-state index in [-0.39, 0.29) is 11.8 Å². The minimum Gasteiger partial charge on any atom is -0.497 e. The Kier molecular flexibility index (Phi) is 5.14. The van der Waals surface area contributed by atoms with E-state index in [1.807, 2.05) is 55.5 Å². The molecule has 0 N–H and O–H groups in total. The van der Waals surface area contributed by atoms with Gasteiger partial charge in [0.15, 0.2) is 0 Å². The van der Waals surface area contributed by atoms with Crippen LogP contribution in [0.5, 0.6) is 5.75 Å². The molecular weight excluding hydrogens is 364 g/mol. The maximum absolute atomic E-state index is 13.5. The van der Waals surface area contributed by atoms with Crippen LogP contribution in [0.4, 0.5) is 5.69 Å². The van der Waals surface area contributed by atoms with Crippen LogP contribution in [-0.2, 0) is 9.59 Å². The first-order valence-electron chi connectivity index (χ1n) is 10.1. The monoisotopic (exact) mass is 390 g/mol. The number of likely N-dealkylation sites (tertiary alicyclic amines) is 1. The Labute approximate surface area is 171 Å². The van der Waals surface area contributed by atoms with Crippen molar-refractivity contribution < 1.29 is 14.3 Å². The van der Waals surface area contributed by atoms with E-state index in [1.165, 1.54) is 4.90 Å². The van der Waals surface area contributed by atoms with Crippen molar-refractivity contribution in [2.24, 2.45) is 5.92 Å². The lowest BCUT2D eigenvalue weighted by molar-refractivity contribution is -0.120.